The molecule has 1 N–H and O–H groups in total. The van der Waals surface area contributed by atoms with Gasteiger partial charge < -0.3 is 15.0 Å². The molecule has 0 radical (unpaired) electrons. The smallest absolute Gasteiger partial charge is 0.257 e. The molecular formula is C16H21ClN2O2. The quantitative estimate of drug-likeness (QED) is 0.912. The number of ether oxygens (including phenoxy) is 1. The molecule has 4 nitrogen and oxygen atoms in total. The molecule has 2 aliphatic rings. The van der Waals surface area contributed by atoms with Crippen LogP contribution in [-0.2, 0) is 0 Å². The van der Waals surface area contributed by atoms with Crippen LogP contribution in [0.2, 0.25) is 5.02 Å². The highest BCUT2D eigenvalue weighted by Crippen LogP contribution is 2.29. The number of carbonyl (C=O) groups is 1. The molecular weight excluding hydrogens is 288 g/mol. The molecule has 0 spiro atoms. The first kappa shape index (κ1) is 14.7. The number of hydrogen-bond donors (Lipinski definition) is 1. The van der Waals surface area contributed by atoms with Gasteiger partial charge in [-0.05, 0) is 56.0 Å². The summed E-state index contributed by atoms with van der Waals surface area (Å²) in [7, 11) is 1.58. The summed E-state index contributed by atoms with van der Waals surface area (Å²) in [6.45, 7) is 3.81. The number of rotatable bonds is 2. The van der Waals surface area contributed by atoms with Crippen molar-refractivity contribution < 1.29 is 9.53 Å². The van der Waals surface area contributed by atoms with E-state index in [4.69, 9.17) is 16.3 Å². The number of benzene rings is 1. The van der Waals surface area contributed by atoms with Crippen LogP contribution in [0, 0.1) is 11.8 Å². The van der Waals surface area contributed by atoms with Crippen LogP contribution in [0.3, 0.4) is 0 Å². The lowest BCUT2D eigenvalue weighted by atomic mass is 9.92. The molecule has 2 saturated heterocycles. The molecule has 0 bridgehead atoms. The van der Waals surface area contributed by atoms with E-state index < -0.39 is 0 Å². The number of methoxy groups -OCH3 is 1. The zero-order chi connectivity index (χ0) is 14.8. The molecule has 2 fully saturated rings. The van der Waals surface area contributed by atoms with E-state index in [0.29, 0.717) is 28.2 Å². The summed E-state index contributed by atoms with van der Waals surface area (Å²) in [5.41, 5.74) is 0.565. The minimum atomic E-state index is 0.0299. The van der Waals surface area contributed by atoms with E-state index in [1.165, 1.54) is 0 Å². The number of nitrogens with one attached hydrogen (secondary N) is 1. The first-order valence-electron chi connectivity index (χ1n) is 7.52. The topological polar surface area (TPSA) is 41.6 Å². The molecule has 1 aromatic carbocycles. The molecule has 114 valence electrons. The predicted octanol–water partition coefficient (Wildman–Crippen LogP) is 2.42. The second-order valence-electron chi connectivity index (χ2n) is 5.89. The average molecular weight is 309 g/mol. The zero-order valence-corrected chi connectivity index (χ0v) is 13.0. The molecule has 1 amide bonds. The van der Waals surface area contributed by atoms with Gasteiger partial charge in [-0.25, -0.2) is 0 Å². The van der Waals surface area contributed by atoms with Gasteiger partial charge in [0.1, 0.15) is 5.75 Å². The fourth-order valence-corrected chi connectivity index (χ4v) is 3.61. The fourth-order valence-electron chi connectivity index (χ4n) is 3.44. The van der Waals surface area contributed by atoms with Gasteiger partial charge in [-0.15, -0.1) is 0 Å². The molecule has 2 atom stereocenters. The van der Waals surface area contributed by atoms with Crippen LogP contribution in [0.25, 0.3) is 0 Å². The molecule has 1 aromatic rings. The van der Waals surface area contributed by atoms with E-state index in [2.05, 4.69) is 5.32 Å². The molecule has 0 aliphatic carbocycles. The first-order chi connectivity index (χ1) is 10.2. The molecule has 5 heteroatoms. The lowest BCUT2D eigenvalue weighted by Gasteiger charge is -2.22. The Kier molecular flexibility index (Phi) is 4.36. The van der Waals surface area contributed by atoms with E-state index in [9.17, 15) is 4.79 Å². The van der Waals surface area contributed by atoms with Crippen molar-refractivity contribution in [2.24, 2.45) is 11.8 Å². The van der Waals surface area contributed by atoms with E-state index in [0.717, 1.165) is 39.0 Å². The maximum atomic E-state index is 12.8. The van der Waals surface area contributed by atoms with Crippen molar-refractivity contribution in [3.63, 3.8) is 0 Å². The highest BCUT2D eigenvalue weighted by Gasteiger charge is 2.32. The van der Waals surface area contributed by atoms with Gasteiger partial charge in [0, 0.05) is 18.1 Å². The van der Waals surface area contributed by atoms with Gasteiger partial charge in [0.2, 0.25) is 0 Å². The lowest BCUT2D eigenvalue weighted by molar-refractivity contribution is 0.0755. The monoisotopic (exact) mass is 308 g/mol. The highest BCUT2D eigenvalue weighted by atomic mass is 35.5. The van der Waals surface area contributed by atoms with Gasteiger partial charge >= 0.3 is 0 Å². The number of nitrogens with zero attached hydrogens (tertiary/aromatic N) is 1. The van der Waals surface area contributed by atoms with Crippen molar-refractivity contribution in [2.75, 3.05) is 33.3 Å². The second kappa shape index (κ2) is 6.24. The average Bonchev–Trinajstić information content (AvgIpc) is 2.85. The Morgan fingerprint density at radius 2 is 1.95 bits per heavy atom. The summed E-state index contributed by atoms with van der Waals surface area (Å²) in [6.07, 6.45) is 2.15. The SMILES string of the molecule is COc1ccc(Cl)cc1C(=O)N1CC[C@@H]2CNC[C@@H]2CC1. The second-order valence-corrected chi connectivity index (χ2v) is 6.33. The third-order valence-electron chi connectivity index (χ3n) is 4.70. The molecule has 0 saturated carbocycles. The molecule has 0 unspecified atom stereocenters. The van der Waals surface area contributed by atoms with Gasteiger partial charge in [-0.1, -0.05) is 11.6 Å². The van der Waals surface area contributed by atoms with Gasteiger partial charge in [-0.3, -0.25) is 4.79 Å². The van der Waals surface area contributed by atoms with Gasteiger partial charge in [0.05, 0.1) is 12.7 Å². The summed E-state index contributed by atoms with van der Waals surface area (Å²) in [6, 6.07) is 5.21. The van der Waals surface area contributed by atoms with Crippen LogP contribution >= 0.6 is 11.6 Å². The number of likely N-dealkylation sites (tertiary alicyclic amines) is 1. The van der Waals surface area contributed by atoms with Crippen LogP contribution in [0.5, 0.6) is 5.75 Å². The van der Waals surface area contributed by atoms with Crippen molar-refractivity contribution >= 4 is 17.5 Å². The molecule has 0 aromatic heterocycles. The Morgan fingerprint density at radius 3 is 2.57 bits per heavy atom. The number of amides is 1. The van der Waals surface area contributed by atoms with Crippen molar-refractivity contribution in [1.82, 2.24) is 10.2 Å². The molecule has 2 aliphatic heterocycles. The van der Waals surface area contributed by atoms with Crippen LogP contribution in [0.4, 0.5) is 0 Å². The first-order valence-corrected chi connectivity index (χ1v) is 7.90. The standard InChI is InChI=1S/C16H21ClN2O2/c1-21-15-3-2-13(17)8-14(15)16(20)19-6-4-11-9-18-10-12(11)5-7-19/h2-3,8,11-12,18H,4-7,9-10H2,1H3/t11-,12+. The Balaban J connectivity index is 1.77. The van der Waals surface area contributed by atoms with Gasteiger partial charge in [-0.2, -0.15) is 0 Å². The minimum absolute atomic E-state index is 0.0299. The third-order valence-corrected chi connectivity index (χ3v) is 4.93. The molecule has 3 rings (SSSR count). The maximum absolute atomic E-state index is 12.8. The van der Waals surface area contributed by atoms with Gasteiger partial charge in [0.15, 0.2) is 0 Å². The van der Waals surface area contributed by atoms with E-state index >= 15 is 0 Å². The largest absolute Gasteiger partial charge is 0.496 e. The third kappa shape index (κ3) is 3.01. The summed E-state index contributed by atoms with van der Waals surface area (Å²) < 4.78 is 5.30. The summed E-state index contributed by atoms with van der Waals surface area (Å²) in [5.74, 6) is 2.05. The highest BCUT2D eigenvalue weighted by molar-refractivity contribution is 6.31. The van der Waals surface area contributed by atoms with Crippen molar-refractivity contribution in [3.8, 4) is 5.75 Å². The van der Waals surface area contributed by atoms with Gasteiger partial charge in [0.25, 0.3) is 5.91 Å². The summed E-state index contributed by atoms with van der Waals surface area (Å²) in [4.78, 5) is 14.7. The Bertz CT molecular complexity index is 521. The Morgan fingerprint density at radius 1 is 1.29 bits per heavy atom. The fraction of sp³-hybridized carbons (Fsp3) is 0.562. The van der Waals surface area contributed by atoms with Crippen LogP contribution in [-0.4, -0.2) is 44.1 Å². The maximum Gasteiger partial charge on any atom is 0.257 e. The number of fused-ring (bicyclic) bond motifs is 1. The van der Waals surface area contributed by atoms with E-state index in [1.54, 1.807) is 25.3 Å². The van der Waals surface area contributed by atoms with E-state index in [-0.39, 0.29) is 5.91 Å². The predicted molar refractivity (Wildman–Crippen MR) is 83.0 cm³/mol. The van der Waals surface area contributed by atoms with Crippen LogP contribution in [0.15, 0.2) is 18.2 Å². The Hall–Kier alpha value is -1.26. The molecule has 2 heterocycles. The summed E-state index contributed by atoms with van der Waals surface area (Å²) >= 11 is 6.03. The lowest BCUT2D eigenvalue weighted by Crippen LogP contribution is -2.33. The minimum Gasteiger partial charge on any atom is -0.496 e. The van der Waals surface area contributed by atoms with Crippen LogP contribution in [0.1, 0.15) is 23.2 Å². The zero-order valence-electron chi connectivity index (χ0n) is 12.3. The van der Waals surface area contributed by atoms with Crippen molar-refractivity contribution in [1.29, 1.82) is 0 Å². The molecule has 21 heavy (non-hydrogen) atoms. The number of hydrogen-bond acceptors (Lipinski definition) is 3. The normalized spacial score (nSPS) is 25.3. The number of carbonyl (C=O) groups excluding carboxylic acids is 1. The Labute approximate surface area is 130 Å². The number of halogens is 1. The van der Waals surface area contributed by atoms with E-state index in [1.807, 2.05) is 4.90 Å². The van der Waals surface area contributed by atoms with Crippen molar-refractivity contribution in [3.05, 3.63) is 28.8 Å². The van der Waals surface area contributed by atoms with Crippen LogP contribution < -0.4 is 10.1 Å². The van der Waals surface area contributed by atoms with Crippen molar-refractivity contribution in [2.45, 2.75) is 12.8 Å². The summed E-state index contributed by atoms with van der Waals surface area (Å²) in [5, 5.41) is 4.02.